The van der Waals surface area contributed by atoms with Crippen LogP contribution in [0.3, 0.4) is 0 Å². The maximum atomic E-state index is 12.7. The monoisotopic (exact) mass is 530 g/mol. The van der Waals surface area contributed by atoms with Crippen LogP contribution in [-0.4, -0.2) is 74.2 Å². The molecule has 2 aromatic rings. The van der Waals surface area contributed by atoms with Crippen molar-refractivity contribution in [3.05, 3.63) is 45.7 Å². The van der Waals surface area contributed by atoms with Crippen molar-refractivity contribution in [2.24, 2.45) is 5.92 Å². The lowest BCUT2D eigenvalue weighted by atomic mass is 9.57. The Labute approximate surface area is 212 Å². The number of halogens is 1. The van der Waals surface area contributed by atoms with Crippen molar-refractivity contribution >= 4 is 15.9 Å². The highest BCUT2D eigenvalue weighted by atomic mass is 79.9. The zero-order valence-electron chi connectivity index (χ0n) is 20.8. The van der Waals surface area contributed by atoms with E-state index < -0.39 is 11.0 Å². The number of aromatic hydroxyl groups is 1. The van der Waals surface area contributed by atoms with Gasteiger partial charge in [-0.25, -0.2) is 0 Å². The molecular weight excluding hydrogens is 492 g/mol. The highest BCUT2D eigenvalue weighted by Gasteiger charge is 2.60. The number of rotatable bonds is 6. The second-order valence-electron chi connectivity index (χ2n) is 11.1. The van der Waals surface area contributed by atoms with Gasteiger partial charge in [-0.3, -0.25) is 9.58 Å². The highest BCUT2D eigenvalue weighted by molar-refractivity contribution is 9.10. The first-order chi connectivity index (χ1) is 16.2. The van der Waals surface area contributed by atoms with Gasteiger partial charge in [0.05, 0.1) is 22.8 Å². The number of phenols is 1. The number of benzene rings is 1. The molecule has 3 atom stereocenters. The Morgan fingerprint density at radius 2 is 1.82 bits per heavy atom. The molecule has 186 valence electrons. The van der Waals surface area contributed by atoms with E-state index in [2.05, 4.69) is 57.8 Å². The molecule has 2 aliphatic heterocycles. The predicted octanol–water partition coefficient (Wildman–Crippen LogP) is 4.24. The van der Waals surface area contributed by atoms with Crippen molar-refractivity contribution in [2.75, 3.05) is 32.7 Å². The molecular formula is C27H39BrN4O2. The minimum Gasteiger partial charge on any atom is -0.507 e. The number of likely N-dealkylation sites (tertiary alicyclic amines) is 2. The third-order valence-corrected chi connectivity index (χ3v) is 9.77. The van der Waals surface area contributed by atoms with Crippen LogP contribution in [0.25, 0.3) is 0 Å². The summed E-state index contributed by atoms with van der Waals surface area (Å²) in [6, 6.07) is 3.85. The van der Waals surface area contributed by atoms with E-state index in [0.717, 1.165) is 80.0 Å². The third-order valence-electron chi connectivity index (χ3n) is 8.96. The SMILES string of the molecule is Cc1cnn(CCN2CCC3(c4c(C)ccc(O)c4Br)CCN(CC4CC4)C(C)C3(O)CC2)c1. The van der Waals surface area contributed by atoms with Gasteiger partial charge in [0.15, 0.2) is 0 Å². The van der Waals surface area contributed by atoms with E-state index in [1.165, 1.54) is 18.4 Å². The van der Waals surface area contributed by atoms with Crippen molar-refractivity contribution in [1.82, 2.24) is 19.6 Å². The second-order valence-corrected chi connectivity index (χ2v) is 11.9. The molecule has 2 N–H and O–H groups in total. The highest BCUT2D eigenvalue weighted by Crippen LogP contribution is 2.55. The van der Waals surface area contributed by atoms with E-state index in [0.29, 0.717) is 0 Å². The zero-order chi connectivity index (χ0) is 24.1. The molecule has 5 rings (SSSR count). The summed E-state index contributed by atoms with van der Waals surface area (Å²) in [4.78, 5) is 5.04. The second kappa shape index (κ2) is 9.23. The summed E-state index contributed by atoms with van der Waals surface area (Å²) in [6.07, 6.45) is 9.18. The van der Waals surface area contributed by atoms with E-state index in [-0.39, 0.29) is 11.8 Å². The van der Waals surface area contributed by atoms with Gasteiger partial charge in [-0.1, -0.05) is 6.07 Å². The number of phenolic OH excluding ortho intramolecular Hbond substituents is 1. The lowest BCUT2D eigenvalue weighted by Gasteiger charge is -2.58. The molecule has 0 bridgehead atoms. The van der Waals surface area contributed by atoms with E-state index in [9.17, 15) is 10.2 Å². The first kappa shape index (κ1) is 24.3. The molecule has 34 heavy (non-hydrogen) atoms. The Morgan fingerprint density at radius 3 is 2.53 bits per heavy atom. The van der Waals surface area contributed by atoms with Crippen LogP contribution >= 0.6 is 15.9 Å². The smallest absolute Gasteiger partial charge is 0.130 e. The topological polar surface area (TPSA) is 64.8 Å². The van der Waals surface area contributed by atoms with Gasteiger partial charge in [-0.15, -0.1) is 0 Å². The summed E-state index contributed by atoms with van der Waals surface area (Å²) in [5.41, 5.74) is 2.18. The van der Waals surface area contributed by atoms with Gasteiger partial charge in [0.2, 0.25) is 0 Å². The summed E-state index contributed by atoms with van der Waals surface area (Å²) in [5, 5.41) is 27.8. The lowest BCUT2D eigenvalue weighted by Crippen LogP contribution is -2.68. The van der Waals surface area contributed by atoms with E-state index in [1.54, 1.807) is 6.07 Å². The first-order valence-corrected chi connectivity index (χ1v) is 13.7. The molecule has 0 amide bonds. The Balaban J connectivity index is 1.48. The van der Waals surface area contributed by atoms with Crippen molar-refractivity contribution in [3.63, 3.8) is 0 Å². The fraction of sp³-hybridized carbons (Fsp3) is 0.667. The van der Waals surface area contributed by atoms with Gasteiger partial charge in [-0.05, 0) is 111 Å². The van der Waals surface area contributed by atoms with E-state index in [1.807, 2.05) is 16.9 Å². The maximum Gasteiger partial charge on any atom is 0.130 e. The maximum absolute atomic E-state index is 12.7. The van der Waals surface area contributed by atoms with Gasteiger partial charge < -0.3 is 15.1 Å². The Morgan fingerprint density at radius 1 is 1.09 bits per heavy atom. The molecule has 3 unspecified atom stereocenters. The molecule has 3 heterocycles. The number of aromatic nitrogens is 2. The quantitative estimate of drug-likeness (QED) is 0.584. The minimum atomic E-state index is -0.863. The number of aryl methyl sites for hydroxylation is 2. The van der Waals surface area contributed by atoms with Crippen LogP contribution in [0.5, 0.6) is 5.75 Å². The van der Waals surface area contributed by atoms with Crippen LogP contribution in [0.2, 0.25) is 0 Å². The molecule has 2 saturated heterocycles. The summed E-state index contributed by atoms with van der Waals surface area (Å²) in [7, 11) is 0. The first-order valence-electron chi connectivity index (χ1n) is 12.9. The fourth-order valence-electron chi connectivity index (χ4n) is 6.68. The molecule has 7 heteroatoms. The molecule has 0 spiro atoms. The Hall–Kier alpha value is -1.41. The molecule has 3 aliphatic rings. The molecule has 0 radical (unpaired) electrons. The van der Waals surface area contributed by atoms with Gasteiger partial charge >= 0.3 is 0 Å². The normalized spacial score (nSPS) is 30.8. The van der Waals surface area contributed by atoms with Gasteiger partial charge in [0.1, 0.15) is 5.75 Å². The number of nitrogens with zero attached hydrogens (tertiary/aromatic N) is 4. The number of fused-ring (bicyclic) bond motifs is 1. The minimum absolute atomic E-state index is 0.0733. The summed E-state index contributed by atoms with van der Waals surface area (Å²) < 4.78 is 2.78. The molecule has 1 aromatic carbocycles. The van der Waals surface area contributed by atoms with Crippen molar-refractivity contribution in [3.8, 4) is 5.75 Å². The number of aliphatic hydroxyl groups is 1. The van der Waals surface area contributed by atoms with Crippen LogP contribution in [0.15, 0.2) is 29.0 Å². The van der Waals surface area contributed by atoms with Crippen molar-refractivity contribution < 1.29 is 10.2 Å². The average Bonchev–Trinajstić information content (AvgIpc) is 3.56. The lowest BCUT2D eigenvalue weighted by molar-refractivity contribution is -0.136. The molecule has 1 saturated carbocycles. The molecule has 1 aromatic heterocycles. The molecule has 6 nitrogen and oxygen atoms in total. The average molecular weight is 532 g/mol. The summed E-state index contributed by atoms with van der Waals surface area (Å²) in [5.74, 6) is 1.06. The number of hydrogen-bond acceptors (Lipinski definition) is 5. The van der Waals surface area contributed by atoms with Crippen LogP contribution < -0.4 is 0 Å². The van der Waals surface area contributed by atoms with Gasteiger partial charge in [-0.2, -0.15) is 5.10 Å². The molecule has 1 aliphatic carbocycles. The number of piperidine rings is 1. The summed E-state index contributed by atoms with van der Waals surface area (Å²) in [6.45, 7) is 12.1. The largest absolute Gasteiger partial charge is 0.507 e. The fourth-order valence-corrected chi connectivity index (χ4v) is 7.50. The van der Waals surface area contributed by atoms with E-state index in [4.69, 9.17) is 0 Å². The molecule has 3 fully saturated rings. The van der Waals surface area contributed by atoms with Crippen LogP contribution in [0.4, 0.5) is 0 Å². The van der Waals surface area contributed by atoms with E-state index >= 15 is 0 Å². The van der Waals surface area contributed by atoms with Crippen molar-refractivity contribution in [1.29, 1.82) is 0 Å². The standard InChI is InChI=1S/C27H39BrN4O2/c1-19-16-29-32(17-19)15-14-30-11-8-26(24-20(2)4-7-23(33)25(24)28)9-13-31(18-22-5-6-22)21(3)27(26,34)10-12-30/h4,7,16-17,21-22,33-34H,5-6,8-15,18H2,1-3H3. The van der Waals surface area contributed by atoms with Crippen molar-refractivity contribution in [2.45, 2.75) is 76.5 Å². The van der Waals surface area contributed by atoms with Crippen LogP contribution in [0, 0.1) is 19.8 Å². The van der Waals surface area contributed by atoms with Crippen LogP contribution in [0.1, 0.15) is 55.7 Å². The summed E-state index contributed by atoms with van der Waals surface area (Å²) >= 11 is 3.74. The number of hydrogen-bond donors (Lipinski definition) is 2. The van der Waals surface area contributed by atoms with Gasteiger partial charge in [0.25, 0.3) is 0 Å². The van der Waals surface area contributed by atoms with Gasteiger partial charge in [0, 0.05) is 37.3 Å². The Kier molecular flexibility index (Phi) is 6.59. The third kappa shape index (κ3) is 4.23. The predicted molar refractivity (Wildman–Crippen MR) is 138 cm³/mol. The Bertz CT molecular complexity index is 1040. The zero-order valence-corrected chi connectivity index (χ0v) is 22.4. The van der Waals surface area contributed by atoms with Crippen LogP contribution in [-0.2, 0) is 12.0 Å².